The van der Waals surface area contributed by atoms with Crippen LogP contribution >= 0.6 is 0 Å². The molecule has 1 aromatic rings. The van der Waals surface area contributed by atoms with Crippen LogP contribution in [0.5, 0.6) is 0 Å². The van der Waals surface area contributed by atoms with Crippen LogP contribution in [0.1, 0.15) is 43.9 Å². The minimum Gasteiger partial charge on any atom is -0.481 e. The summed E-state index contributed by atoms with van der Waals surface area (Å²) in [5.41, 5.74) is 2.29. The predicted octanol–water partition coefficient (Wildman–Crippen LogP) is 3.44. The number of pyridine rings is 1. The Hall–Kier alpha value is -1.76. The summed E-state index contributed by atoms with van der Waals surface area (Å²) in [5, 5.41) is 12.2. The number of carboxylic acids is 1. The molecule has 26 heavy (non-hydrogen) atoms. The third kappa shape index (κ3) is 6.86. The van der Waals surface area contributed by atoms with Gasteiger partial charge in [0.1, 0.15) is 5.82 Å². The molecule has 2 rings (SSSR count). The van der Waals surface area contributed by atoms with E-state index < -0.39 is 18.3 Å². The largest absolute Gasteiger partial charge is 0.481 e. The van der Waals surface area contributed by atoms with Crippen LogP contribution in [-0.2, 0) is 17.6 Å². The molecule has 1 aliphatic heterocycles. The van der Waals surface area contributed by atoms with Gasteiger partial charge in [0.25, 0.3) is 6.43 Å². The quantitative estimate of drug-likeness (QED) is 0.585. The molecule has 7 heteroatoms. The number of nitrogens with zero attached hydrogens (tertiary/aromatic N) is 2. The van der Waals surface area contributed by atoms with Crippen molar-refractivity contribution < 1.29 is 18.7 Å². The number of anilines is 1. The maximum absolute atomic E-state index is 12.7. The second kappa shape index (κ2) is 10.4. The highest BCUT2D eigenvalue weighted by molar-refractivity contribution is 5.69. The molecule has 0 spiro atoms. The zero-order valence-corrected chi connectivity index (χ0v) is 15.4. The molecule has 0 aliphatic carbocycles. The molecule has 2 heterocycles. The van der Waals surface area contributed by atoms with Crippen LogP contribution in [0.3, 0.4) is 0 Å². The molecule has 0 radical (unpaired) electrons. The summed E-state index contributed by atoms with van der Waals surface area (Å²) in [4.78, 5) is 17.2. The van der Waals surface area contributed by atoms with Gasteiger partial charge in [0, 0.05) is 12.2 Å². The van der Waals surface area contributed by atoms with E-state index in [0.29, 0.717) is 19.5 Å². The fourth-order valence-corrected chi connectivity index (χ4v) is 3.14. The van der Waals surface area contributed by atoms with Crippen LogP contribution in [0.4, 0.5) is 14.6 Å². The molecule has 1 aromatic heterocycles. The summed E-state index contributed by atoms with van der Waals surface area (Å²) in [6.07, 6.45) is 2.67. The Morgan fingerprint density at radius 3 is 2.88 bits per heavy atom. The number of halogens is 2. The fraction of sp³-hybridized carbons (Fsp3) is 0.684. The van der Waals surface area contributed by atoms with Crippen molar-refractivity contribution in [2.24, 2.45) is 5.92 Å². The number of unbranched alkanes of at least 4 members (excludes halogenated alkanes) is 1. The van der Waals surface area contributed by atoms with E-state index in [-0.39, 0.29) is 6.54 Å². The number of fused-ring (bicyclic) bond motifs is 1. The van der Waals surface area contributed by atoms with Gasteiger partial charge >= 0.3 is 5.97 Å². The lowest BCUT2D eigenvalue weighted by atomic mass is 10.1. The highest BCUT2D eigenvalue weighted by Gasteiger charge is 2.16. The number of hydrogen-bond donors (Lipinski definition) is 2. The molecule has 0 amide bonds. The van der Waals surface area contributed by atoms with Crippen LogP contribution in [0.25, 0.3) is 0 Å². The van der Waals surface area contributed by atoms with Crippen LogP contribution in [0.2, 0.25) is 0 Å². The highest BCUT2D eigenvalue weighted by atomic mass is 19.3. The average Bonchev–Trinajstić information content (AvgIpc) is 2.62. The summed E-state index contributed by atoms with van der Waals surface area (Å²) in [6.45, 7) is 3.21. The van der Waals surface area contributed by atoms with Gasteiger partial charge in [-0.1, -0.05) is 13.0 Å². The summed E-state index contributed by atoms with van der Waals surface area (Å²) in [7, 11) is 0. The Morgan fingerprint density at radius 1 is 1.35 bits per heavy atom. The van der Waals surface area contributed by atoms with Crippen molar-refractivity contribution in [1.82, 2.24) is 9.88 Å². The van der Waals surface area contributed by atoms with E-state index in [2.05, 4.69) is 22.4 Å². The number of carboxylic acid groups (broad SMARTS) is 1. The van der Waals surface area contributed by atoms with Gasteiger partial charge in [0.05, 0.1) is 12.5 Å². The van der Waals surface area contributed by atoms with Crippen molar-refractivity contribution >= 4 is 11.8 Å². The Balaban J connectivity index is 1.75. The average molecular weight is 369 g/mol. The summed E-state index contributed by atoms with van der Waals surface area (Å²) in [5.74, 6) is -0.410. The molecule has 5 nitrogen and oxygen atoms in total. The van der Waals surface area contributed by atoms with Crippen LogP contribution in [0, 0.1) is 5.92 Å². The molecular formula is C19H29F2N3O2. The van der Waals surface area contributed by atoms with E-state index in [1.54, 1.807) is 11.8 Å². The molecule has 1 aliphatic rings. The van der Waals surface area contributed by atoms with E-state index >= 15 is 0 Å². The topological polar surface area (TPSA) is 65.5 Å². The summed E-state index contributed by atoms with van der Waals surface area (Å²) in [6, 6.07) is 4.18. The van der Waals surface area contributed by atoms with Crippen LogP contribution < -0.4 is 5.32 Å². The van der Waals surface area contributed by atoms with Crippen molar-refractivity contribution in [3.8, 4) is 0 Å². The van der Waals surface area contributed by atoms with Crippen molar-refractivity contribution in [2.45, 2.75) is 51.9 Å². The molecule has 0 saturated heterocycles. The number of rotatable bonds is 11. The molecule has 0 saturated carbocycles. The second-order valence-electron chi connectivity index (χ2n) is 7.02. The maximum Gasteiger partial charge on any atom is 0.306 e. The normalized spacial score (nSPS) is 15.0. The first-order valence-electron chi connectivity index (χ1n) is 9.41. The van der Waals surface area contributed by atoms with E-state index in [1.807, 2.05) is 0 Å². The van der Waals surface area contributed by atoms with Crippen molar-refractivity contribution in [2.75, 3.05) is 31.5 Å². The minimum atomic E-state index is -2.40. The number of aryl methyl sites for hydroxylation is 2. The lowest BCUT2D eigenvalue weighted by Gasteiger charge is -2.22. The predicted molar refractivity (Wildman–Crippen MR) is 97.8 cm³/mol. The number of aromatic nitrogens is 1. The Labute approximate surface area is 153 Å². The number of alkyl halides is 2. The van der Waals surface area contributed by atoms with Gasteiger partial charge in [-0.05, 0) is 63.2 Å². The van der Waals surface area contributed by atoms with Gasteiger partial charge in [-0.3, -0.25) is 9.69 Å². The van der Waals surface area contributed by atoms with Crippen LogP contribution in [0.15, 0.2) is 12.1 Å². The van der Waals surface area contributed by atoms with Gasteiger partial charge < -0.3 is 10.4 Å². The van der Waals surface area contributed by atoms with Crippen molar-refractivity contribution in [3.05, 3.63) is 23.4 Å². The minimum absolute atomic E-state index is 0.298. The number of aliphatic carboxylic acids is 1. The number of nitrogens with one attached hydrogen (secondary N) is 1. The molecule has 0 bridgehead atoms. The van der Waals surface area contributed by atoms with Gasteiger partial charge in [0.2, 0.25) is 0 Å². The van der Waals surface area contributed by atoms with Gasteiger partial charge in [-0.2, -0.15) is 0 Å². The third-order valence-corrected chi connectivity index (χ3v) is 4.81. The standard InChI is InChI=1S/C19H29F2N3O2/c1-14(19(25)26)9-12-24(13-17(20)21)11-3-2-6-16-8-7-15-5-4-10-22-18(15)23-16/h7-8,14,17H,2-6,9-13H2,1H3,(H,22,23)(H,25,26)/t14-/m0/s1. The Kier molecular flexibility index (Phi) is 8.22. The molecular weight excluding hydrogens is 340 g/mol. The molecule has 0 aromatic carbocycles. The second-order valence-corrected chi connectivity index (χ2v) is 7.02. The molecule has 2 N–H and O–H groups in total. The lowest BCUT2D eigenvalue weighted by Crippen LogP contribution is -2.32. The van der Waals surface area contributed by atoms with Crippen molar-refractivity contribution in [3.63, 3.8) is 0 Å². The lowest BCUT2D eigenvalue weighted by molar-refractivity contribution is -0.141. The summed E-state index contributed by atoms with van der Waals surface area (Å²) >= 11 is 0. The first-order valence-corrected chi connectivity index (χ1v) is 9.41. The molecule has 1 atom stereocenters. The number of carbonyl (C=O) groups is 1. The summed E-state index contributed by atoms with van der Waals surface area (Å²) < 4.78 is 25.5. The zero-order chi connectivity index (χ0) is 18.9. The third-order valence-electron chi connectivity index (χ3n) is 4.81. The monoisotopic (exact) mass is 369 g/mol. The van der Waals surface area contributed by atoms with E-state index in [0.717, 1.165) is 50.2 Å². The number of hydrogen-bond acceptors (Lipinski definition) is 4. The Morgan fingerprint density at radius 2 is 2.15 bits per heavy atom. The Bertz CT molecular complexity index is 584. The van der Waals surface area contributed by atoms with Gasteiger partial charge in [-0.15, -0.1) is 0 Å². The zero-order valence-electron chi connectivity index (χ0n) is 15.4. The first-order chi connectivity index (χ1) is 12.5. The SMILES string of the molecule is C[C@@H](CCN(CCCCc1ccc2c(n1)NCCC2)CC(F)F)C(=O)O. The maximum atomic E-state index is 12.7. The molecule has 0 unspecified atom stereocenters. The van der Waals surface area contributed by atoms with Crippen molar-refractivity contribution in [1.29, 1.82) is 0 Å². The first kappa shape index (κ1) is 20.6. The highest BCUT2D eigenvalue weighted by Crippen LogP contribution is 2.20. The molecule has 146 valence electrons. The smallest absolute Gasteiger partial charge is 0.306 e. The van der Waals surface area contributed by atoms with E-state index in [9.17, 15) is 13.6 Å². The molecule has 0 fully saturated rings. The fourth-order valence-electron chi connectivity index (χ4n) is 3.14. The van der Waals surface area contributed by atoms with Gasteiger partial charge in [-0.25, -0.2) is 13.8 Å². The van der Waals surface area contributed by atoms with Gasteiger partial charge in [0.15, 0.2) is 0 Å². The van der Waals surface area contributed by atoms with Crippen LogP contribution in [-0.4, -0.2) is 53.6 Å². The van der Waals surface area contributed by atoms with E-state index in [1.165, 1.54) is 5.56 Å². The van der Waals surface area contributed by atoms with E-state index in [4.69, 9.17) is 5.11 Å².